The Hall–Kier alpha value is -0.570. The highest BCUT2D eigenvalue weighted by Crippen LogP contribution is 1.97. The summed E-state index contributed by atoms with van der Waals surface area (Å²) < 4.78 is 0. The molecule has 0 unspecified atom stereocenters. The number of carbonyl (C=O) groups excluding carboxylic acids is 1. The molecular weight excluding hydrogens is 152 g/mol. The van der Waals surface area contributed by atoms with E-state index in [1.807, 2.05) is 0 Å². The number of primary amides is 1. The molecule has 0 radical (unpaired) electrons. The summed E-state index contributed by atoms with van der Waals surface area (Å²) in [7, 11) is 0. The molecule has 0 aromatic carbocycles. The van der Waals surface area contributed by atoms with E-state index in [-0.39, 0.29) is 11.9 Å². The first-order valence-corrected chi connectivity index (χ1v) is 4.71. The predicted octanol–water partition coefficient (Wildman–Crippen LogP) is 1.03. The fraction of sp³-hybridized carbons (Fsp3) is 0.889. The molecule has 1 atom stereocenters. The van der Waals surface area contributed by atoms with Crippen LogP contribution in [0, 0.1) is 0 Å². The quantitative estimate of drug-likeness (QED) is 0.563. The monoisotopic (exact) mass is 172 g/mol. The minimum absolute atomic E-state index is 0.188. The van der Waals surface area contributed by atoms with Crippen LogP contribution in [0.4, 0.5) is 0 Å². The molecule has 3 N–H and O–H groups in total. The molecule has 0 saturated heterocycles. The molecule has 0 bridgehead atoms. The van der Waals surface area contributed by atoms with Crippen LogP contribution in [0.5, 0.6) is 0 Å². The van der Waals surface area contributed by atoms with Gasteiger partial charge in [0.2, 0.25) is 5.91 Å². The highest BCUT2D eigenvalue weighted by Gasteiger charge is 2.05. The van der Waals surface area contributed by atoms with Gasteiger partial charge < -0.3 is 11.1 Å². The molecule has 12 heavy (non-hydrogen) atoms. The van der Waals surface area contributed by atoms with Gasteiger partial charge in [-0.05, 0) is 19.9 Å². The molecule has 0 aliphatic heterocycles. The lowest BCUT2D eigenvalue weighted by molar-refractivity contribution is -0.119. The minimum atomic E-state index is -0.273. The van der Waals surface area contributed by atoms with E-state index in [4.69, 9.17) is 5.73 Å². The van der Waals surface area contributed by atoms with Crippen LogP contribution in [0.2, 0.25) is 0 Å². The van der Waals surface area contributed by atoms with Crippen LogP contribution in [-0.2, 0) is 4.79 Å². The smallest absolute Gasteiger partial charge is 0.234 e. The van der Waals surface area contributed by atoms with E-state index < -0.39 is 0 Å². The van der Waals surface area contributed by atoms with Crippen molar-refractivity contribution in [3.8, 4) is 0 Å². The van der Waals surface area contributed by atoms with Gasteiger partial charge in [-0.2, -0.15) is 0 Å². The van der Waals surface area contributed by atoms with Crippen LogP contribution in [0.3, 0.4) is 0 Å². The second kappa shape index (κ2) is 7.10. The number of carbonyl (C=O) groups is 1. The van der Waals surface area contributed by atoms with Gasteiger partial charge in [-0.15, -0.1) is 0 Å². The van der Waals surface area contributed by atoms with Gasteiger partial charge in [0.25, 0.3) is 0 Å². The molecule has 72 valence electrons. The van der Waals surface area contributed by atoms with Crippen molar-refractivity contribution in [3.05, 3.63) is 0 Å². The molecule has 0 rings (SSSR count). The molecule has 0 heterocycles. The van der Waals surface area contributed by atoms with Crippen molar-refractivity contribution in [1.82, 2.24) is 5.32 Å². The summed E-state index contributed by atoms with van der Waals surface area (Å²) in [5, 5.41) is 3.07. The molecule has 0 saturated carbocycles. The molecule has 0 aliphatic carbocycles. The van der Waals surface area contributed by atoms with E-state index in [1.54, 1.807) is 6.92 Å². The number of rotatable bonds is 7. The van der Waals surface area contributed by atoms with Gasteiger partial charge >= 0.3 is 0 Å². The van der Waals surface area contributed by atoms with Gasteiger partial charge in [-0.3, -0.25) is 4.79 Å². The molecule has 0 spiro atoms. The van der Waals surface area contributed by atoms with Crippen molar-refractivity contribution in [1.29, 1.82) is 0 Å². The Balaban J connectivity index is 3.14. The zero-order chi connectivity index (χ0) is 9.40. The first-order chi connectivity index (χ1) is 5.68. The van der Waals surface area contributed by atoms with Gasteiger partial charge in [-0.1, -0.05) is 26.2 Å². The Labute approximate surface area is 74.7 Å². The number of nitrogens with one attached hydrogen (secondary N) is 1. The summed E-state index contributed by atoms with van der Waals surface area (Å²) in [4.78, 5) is 10.6. The van der Waals surface area contributed by atoms with Gasteiger partial charge in [0.05, 0.1) is 6.04 Å². The summed E-state index contributed by atoms with van der Waals surface area (Å²) >= 11 is 0. The van der Waals surface area contributed by atoms with E-state index in [9.17, 15) is 4.79 Å². The molecule has 3 nitrogen and oxygen atoms in total. The fourth-order valence-electron chi connectivity index (χ4n) is 0.971. The van der Waals surface area contributed by atoms with E-state index in [2.05, 4.69) is 12.2 Å². The van der Waals surface area contributed by atoms with Crippen molar-refractivity contribution in [2.45, 2.75) is 45.6 Å². The standard InChI is InChI=1S/C9H20N2O/c1-3-4-5-6-7-11-8(2)9(10)12/h8,11H,3-7H2,1-2H3,(H2,10,12)/t8-/m0/s1. The summed E-state index contributed by atoms with van der Waals surface area (Å²) in [6, 6.07) is -0.188. The first kappa shape index (κ1) is 11.4. The van der Waals surface area contributed by atoms with Crippen LogP contribution < -0.4 is 11.1 Å². The topological polar surface area (TPSA) is 55.1 Å². The highest BCUT2D eigenvalue weighted by molar-refractivity contribution is 5.79. The third-order valence-corrected chi connectivity index (χ3v) is 1.91. The fourth-order valence-corrected chi connectivity index (χ4v) is 0.971. The molecule has 1 amide bonds. The number of unbranched alkanes of at least 4 members (excludes halogenated alkanes) is 3. The van der Waals surface area contributed by atoms with Gasteiger partial charge in [0.1, 0.15) is 0 Å². The number of hydrogen-bond acceptors (Lipinski definition) is 2. The predicted molar refractivity (Wildman–Crippen MR) is 50.8 cm³/mol. The van der Waals surface area contributed by atoms with Crippen molar-refractivity contribution in [2.24, 2.45) is 5.73 Å². The molecule has 0 aromatic rings. The van der Waals surface area contributed by atoms with Crippen LogP contribution >= 0.6 is 0 Å². The Morgan fingerprint density at radius 3 is 2.58 bits per heavy atom. The summed E-state index contributed by atoms with van der Waals surface area (Å²) in [5.74, 6) is -0.273. The molecule has 0 aromatic heterocycles. The average molecular weight is 172 g/mol. The molecule has 0 fully saturated rings. The second-order valence-electron chi connectivity index (χ2n) is 3.14. The number of nitrogens with two attached hydrogens (primary N) is 1. The van der Waals surface area contributed by atoms with Crippen molar-refractivity contribution in [3.63, 3.8) is 0 Å². The molecule has 0 aliphatic rings. The summed E-state index contributed by atoms with van der Waals surface area (Å²) in [6.45, 7) is 4.87. The molecule has 3 heteroatoms. The number of amides is 1. The molecular formula is C9H20N2O. The zero-order valence-corrected chi connectivity index (χ0v) is 8.10. The van der Waals surface area contributed by atoms with Crippen LogP contribution in [0.1, 0.15) is 39.5 Å². The maximum absolute atomic E-state index is 10.6. The lowest BCUT2D eigenvalue weighted by Gasteiger charge is -2.08. The summed E-state index contributed by atoms with van der Waals surface area (Å²) in [5.41, 5.74) is 5.08. The van der Waals surface area contributed by atoms with Crippen molar-refractivity contribution >= 4 is 5.91 Å². The third kappa shape index (κ3) is 6.16. The first-order valence-electron chi connectivity index (χ1n) is 4.71. The highest BCUT2D eigenvalue weighted by atomic mass is 16.1. The normalized spacial score (nSPS) is 12.8. The maximum Gasteiger partial charge on any atom is 0.234 e. The Morgan fingerprint density at radius 1 is 1.42 bits per heavy atom. The SMILES string of the molecule is CCCCCCN[C@@H](C)C(N)=O. The van der Waals surface area contributed by atoms with Crippen LogP contribution in [0.25, 0.3) is 0 Å². The number of hydrogen-bond donors (Lipinski definition) is 2. The van der Waals surface area contributed by atoms with E-state index in [0.717, 1.165) is 13.0 Å². The van der Waals surface area contributed by atoms with E-state index in [0.29, 0.717) is 0 Å². The van der Waals surface area contributed by atoms with Crippen molar-refractivity contribution in [2.75, 3.05) is 6.54 Å². The van der Waals surface area contributed by atoms with Gasteiger partial charge in [0, 0.05) is 0 Å². The lowest BCUT2D eigenvalue weighted by Crippen LogP contribution is -2.39. The maximum atomic E-state index is 10.6. The van der Waals surface area contributed by atoms with Gasteiger partial charge in [0.15, 0.2) is 0 Å². The average Bonchev–Trinajstić information content (AvgIpc) is 2.03. The second-order valence-corrected chi connectivity index (χ2v) is 3.14. The van der Waals surface area contributed by atoms with Crippen LogP contribution in [0.15, 0.2) is 0 Å². The van der Waals surface area contributed by atoms with E-state index in [1.165, 1.54) is 19.3 Å². The van der Waals surface area contributed by atoms with Crippen LogP contribution in [-0.4, -0.2) is 18.5 Å². The van der Waals surface area contributed by atoms with Crippen molar-refractivity contribution < 1.29 is 4.79 Å². The Bertz CT molecular complexity index is 126. The Morgan fingerprint density at radius 2 is 2.08 bits per heavy atom. The largest absolute Gasteiger partial charge is 0.368 e. The third-order valence-electron chi connectivity index (χ3n) is 1.91. The zero-order valence-electron chi connectivity index (χ0n) is 8.10. The van der Waals surface area contributed by atoms with E-state index >= 15 is 0 Å². The summed E-state index contributed by atoms with van der Waals surface area (Å²) in [6.07, 6.45) is 4.87. The lowest BCUT2D eigenvalue weighted by atomic mass is 10.2. The van der Waals surface area contributed by atoms with Gasteiger partial charge in [-0.25, -0.2) is 0 Å². The Kier molecular flexibility index (Phi) is 6.76. The minimum Gasteiger partial charge on any atom is -0.368 e.